The number of benzene rings is 1. The number of nitrogens with one attached hydrogen (secondary N) is 1. The van der Waals surface area contributed by atoms with Gasteiger partial charge in [-0.3, -0.25) is 10.1 Å². The van der Waals surface area contributed by atoms with E-state index in [1.807, 2.05) is 0 Å². The molecule has 0 radical (unpaired) electrons. The zero-order valence-electron chi connectivity index (χ0n) is 22.4. The molecule has 38 heavy (non-hydrogen) atoms. The summed E-state index contributed by atoms with van der Waals surface area (Å²) in [5, 5.41) is 3.02. The molecule has 202 valence electrons. The summed E-state index contributed by atoms with van der Waals surface area (Å²) in [6, 6.07) is 6.96. The lowest BCUT2D eigenvalue weighted by Crippen LogP contribution is -2.27. The number of anilines is 2. The highest BCUT2D eigenvalue weighted by Gasteiger charge is 2.21. The molecule has 11 nitrogen and oxygen atoms in total. The molecular formula is C26H33N7O4S. The number of rotatable bonds is 6. The van der Waals surface area contributed by atoms with Crippen LogP contribution in [0.2, 0.25) is 0 Å². The van der Waals surface area contributed by atoms with Crippen LogP contribution in [0.1, 0.15) is 56.8 Å². The number of carbonyl (C=O) groups is 2. The van der Waals surface area contributed by atoms with Crippen molar-refractivity contribution in [3.05, 3.63) is 36.0 Å². The number of hydrogen-bond acceptors (Lipinski definition) is 10. The number of hydrogen-bond donors (Lipinski definition) is 1. The van der Waals surface area contributed by atoms with Crippen LogP contribution in [-0.2, 0) is 4.74 Å². The maximum absolute atomic E-state index is 12.2. The molecule has 1 aliphatic rings. The van der Waals surface area contributed by atoms with Crippen LogP contribution in [0.3, 0.4) is 0 Å². The van der Waals surface area contributed by atoms with Gasteiger partial charge in [0, 0.05) is 32.7 Å². The largest absolute Gasteiger partial charge is 0.444 e. The van der Waals surface area contributed by atoms with Gasteiger partial charge in [-0.25, -0.2) is 9.78 Å². The molecule has 0 unspecified atom stereocenters. The first kappa shape index (κ1) is 27.2. The lowest BCUT2D eigenvalue weighted by Gasteiger charge is -2.20. The van der Waals surface area contributed by atoms with E-state index in [1.165, 1.54) is 29.1 Å². The van der Waals surface area contributed by atoms with Crippen LogP contribution in [0.15, 0.2) is 30.5 Å². The Labute approximate surface area is 226 Å². The van der Waals surface area contributed by atoms with Crippen molar-refractivity contribution < 1.29 is 19.1 Å². The highest BCUT2D eigenvalue weighted by atomic mass is 32.1. The van der Waals surface area contributed by atoms with E-state index >= 15 is 0 Å². The third-order valence-electron chi connectivity index (χ3n) is 5.54. The zero-order chi connectivity index (χ0) is 27.3. The van der Waals surface area contributed by atoms with Gasteiger partial charge in [0.1, 0.15) is 11.4 Å². The number of nitrogens with zero attached hydrogens (tertiary/aromatic N) is 6. The molecular weight excluding hydrogens is 506 g/mol. The summed E-state index contributed by atoms with van der Waals surface area (Å²) >= 11 is 1.23. The van der Waals surface area contributed by atoms with Crippen molar-refractivity contribution in [2.75, 3.05) is 37.4 Å². The van der Waals surface area contributed by atoms with Gasteiger partial charge in [0.25, 0.3) is 5.91 Å². The Balaban J connectivity index is 1.60. The molecule has 4 rings (SSSR count). The van der Waals surface area contributed by atoms with E-state index < -0.39 is 11.7 Å². The van der Waals surface area contributed by atoms with Crippen molar-refractivity contribution in [1.82, 2.24) is 24.8 Å². The van der Waals surface area contributed by atoms with Gasteiger partial charge in [-0.15, -0.1) is 0 Å². The summed E-state index contributed by atoms with van der Waals surface area (Å²) in [5.74, 6) is 1.32. The second kappa shape index (κ2) is 11.7. The van der Waals surface area contributed by atoms with E-state index in [0.29, 0.717) is 33.1 Å². The van der Waals surface area contributed by atoms with Crippen LogP contribution in [0.25, 0.3) is 10.7 Å². The topological polar surface area (TPSA) is 123 Å². The van der Waals surface area contributed by atoms with Gasteiger partial charge in [-0.05, 0) is 57.9 Å². The standard InChI is InChI=1S/C26H33N7O4S/c1-26(2,3)37-25(35)31-24-27-16-19(38-24)20-28-22(33-14-8-6-7-9-15-33)30-23(29-20)36-18-12-10-17(11-13-18)21(34)32(4)5/h10-13,16H,6-9,14-15H2,1-5H3,(H,27,31,35). The molecule has 0 saturated carbocycles. The summed E-state index contributed by atoms with van der Waals surface area (Å²) < 4.78 is 11.3. The number of aromatic nitrogens is 4. The molecule has 2 aromatic heterocycles. The third-order valence-corrected chi connectivity index (χ3v) is 6.45. The van der Waals surface area contributed by atoms with Gasteiger partial charge in [-0.2, -0.15) is 15.0 Å². The highest BCUT2D eigenvalue weighted by molar-refractivity contribution is 7.19. The molecule has 1 aromatic carbocycles. The van der Waals surface area contributed by atoms with Gasteiger partial charge < -0.3 is 19.3 Å². The molecule has 0 spiro atoms. The fourth-order valence-corrected chi connectivity index (χ4v) is 4.51. The second-order valence-electron chi connectivity index (χ2n) is 10.1. The molecule has 1 N–H and O–H groups in total. The SMILES string of the molecule is CN(C)C(=O)c1ccc(Oc2nc(-c3cnc(NC(=O)OC(C)(C)C)s3)nc(N3CCCCCC3)n2)cc1. The molecule has 1 fully saturated rings. The summed E-state index contributed by atoms with van der Waals surface area (Å²) in [5.41, 5.74) is -0.0661. The number of amides is 2. The summed E-state index contributed by atoms with van der Waals surface area (Å²) in [6.07, 6.45) is 5.48. The lowest BCUT2D eigenvalue weighted by molar-refractivity contribution is 0.0635. The van der Waals surface area contributed by atoms with Crippen molar-refractivity contribution >= 4 is 34.4 Å². The third kappa shape index (κ3) is 7.37. The molecule has 0 bridgehead atoms. The Morgan fingerprint density at radius 3 is 2.32 bits per heavy atom. The molecule has 1 saturated heterocycles. The van der Waals surface area contributed by atoms with Gasteiger partial charge in [0.05, 0.1) is 11.1 Å². The fourth-order valence-electron chi connectivity index (χ4n) is 3.77. The predicted molar refractivity (Wildman–Crippen MR) is 146 cm³/mol. The van der Waals surface area contributed by atoms with Gasteiger partial charge in [-0.1, -0.05) is 24.2 Å². The minimum Gasteiger partial charge on any atom is -0.444 e. The van der Waals surface area contributed by atoms with E-state index in [1.54, 1.807) is 65.3 Å². The van der Waals surface area contributed by atoms with Crippen molar-refractivity contribution in [2.24, 2.45) is 0 Å². The minimum absolute atomic E-state index is 0.0940. The van der Waals surface area contributed by atoms with E-state index in [2.05, 4.69) is 25.2 Å². The van der Waals surface area contributed by atoms with Crippen molar-refractivity contribution in [3.8, 4) is 22.5 Å². The van der Waals surface area contributed by atoms with Crippen molar-refractivity contribution in [1.29, 1.82) is 0 Å². The molecule has 1 aliphatic heterocycles. The first-order valence-corrected chi connectivity index (χ1v) is 13.4. The smallest absolute Gasteiger partial charge is 0.413 e. The summed E-state index contributed by atoms with van der Waals surface area (Å²) in [6.45, 7) is 7.08. The van der Waals surface area contributed by atoms with E-state index in [0.717, 1.165) is 25.9 Å². The summed E-state index contributed by atoms with van der Waals surface area (Å²) in [4.78, 5) is 46.8. The normalized spacial score (nSPS) is 14.0. The number of carbonyl (C=O) groups excluding carboxylic acids is 2. The Morgan fingerprint density at radius 1 is 1.00 bits per heavy atom. The van der Waals surface area contributed by atoms with Crippen LogP contribution in [-0.4, -0.2) is 69.6 Å². The van der Waals surface area contributed by atoms with E-state index in [4.69, 9.17) is 14.5 Å². The molecule has 3 aromatic rings. The van der Waals surface area contributed by atoms with E-state index in [9.17, 15) is 9.59 Å². The second-order valence-corrected chi connectivity index (χ2v) is 11.2. The van der Waals surface area contributed by atoms with Gasteiger partial charge >= 0.3 is 12.1 Å². The Hall–Kier alpha value is -3.80. The zero-order valence-corrected chi connectivity index (χ0v) is 23.2. The molecule has 0 aliphatic carbocycles. The highest BCUT2D eigenvalue weighted by Crippen LogP contribution is 2.30. The van der Waals surface area contributed by atoms with Crippen LogP contribution in [0.4, 0.5) is 15.9 Å². The van der Waals surface area contributed by atoms with Crippen LogP contribution < -0.4 is 15.0 Å². The van der Waals surface area contributed by atoms with Gasteiger partial charge in [0.15, 0.2) is 11.0 Å². The van der Waals surface area contributed by atoms with Crippen LogP contribution >= 0.6 is 11.3 Å². The molecule has 3 heterocycles. The average molecular weight is 540 g/mol. The van der Waals surface area contributed by atoms with Crippen molar-refractivity contribution in [2.45, 2.75) is 52.1 Å². The van der Waals surface area contributed by atoms with E-state index in [-0.39, 0.29) is 11.9 Å². The first-order valence-electron chi connectivity index (χ1n) is 12.5. The quantitative estimate of drug-likeness (QED) is 0.449. The monoisotopic (exact) mass is 539 g/mol. The van der Waals surface area contributed by atoms with Crippen LogP contribution in [0.5, 0.6) is 11.8 Å². The fraction of sp³-hybridized carbons (Fsp3) is 0.462. The van der Waals surface area contributed by atoms with Crippen LogP contribution in [0, 0.1) is 0 Å². The number of thiazole rings is 1. The lowest BCUT2D eigenvalue weighted by atomic mass is 10.2. The van der Waals surface area contributed by atoms with Gasteiger partial charge in [0.2, 0.25) is 5.95 Å². The first-order chi connectivity index (χ1) is 18.1. The maximum atomic E-state index is 12.2. The Bertz CT molecular complexity index is 1260. The van der Waals surface area contributed by atoms with Crippen molar-refractivity contribution in [3.63, 3.8) is 0 Å². The molecule has 0 atom stereocenters. The average Bonchev–Trinajstić information content (AvgIpc) is 3.14. The molecule has 2 amide bonds. The minimum atomic E-state index is -0.620. The Kier molecular flexibility index (Phi) is 8.40. The summed E-state index contributed by atoms with van der Waals surface area (Å²) in [7, 11) is 3.41. The molecule has 12 heteroatoms. The maximum Gasteiger partial charge on any atom is 0.413 e. The Morgan fingerprint density at radius 2 is 1.68 bits per heavy atom. The number of ether oxygens (including phenoxy) is 2. The predicted octanol–water partition coefficient (Wildman–Crippen LogP) is 5.22.